The van der Waals surface area contributed by atoms with Crippen LogP contribution in [0.1, 0.15) is 81.8 Å². The van der Waals surface area contributed by atoms with Crippen LogP contribution in [0.2, 0.25) is 0 Å². The zero-order valence-corrected chi connectivity index (χ0v) is 21.3. The highest BCUT2D eigenvalue weighted by Crippen LogP contribution is 2.42. The van der Waals surface area contributed by atoms with Gasteiger partial charge in [0.15, 0.2) is 0 Å². The number of hydrogen-bond donors (Lipinski definition) is 2. The molecule has 2 N–H and O–H groups in total. The summed E-state index contributed by atoms with van der Waals surface area (Å²) in [6.07, 6.45) is 3.16. The van der Waals surface area contributed by atoms with Crippen LogP contribution in [0.3, 0.4) is 0 Å². The van der Waals surface area contributed by atoms with E-state index >= 15 is 0 Å². The number of thiophene rings is 1. The number of likely N-dealkylation sites (tertiary alicyclic amines) is 1. The van der Waals surface area contributed by atoms with E-state index in [1.165, 1.54) is 0 Å². The average Bonchev–Trinajstić information content (AvgIpc) is 3.30. The maximum atomic E-state index is 13.2. The summed E-state index contributed by atoms with van der Waals surface area (Å²) in [6.45, 7) is 13.0. The number of rotatable bonds is 5. The van der Waals surface area contributed by atoms with Gasteiger partial charge in [-0.2, -0.15) is 0 Å². The van der Waals surface area contributed by atoms with Crippen LogP contribution in [-0.2, 0) is 9.59 Å². The quantitative estimate of drug-likeness (QED) is 0.584. The number of carbonyl (C=O) groups is 3. The predicted molar refractivity (Wildman–Crippen MR) is 131 cm³/mol. The second kappa shape index (κ2) is 9.89. The molecule has 1 saturated heterocycles. The normalized spacial score (nSPS) is 25.7. The van der Waals surface area contributed by atoms with E-state index in [0.29, 0.717) is 22.9 Å². The minimum Gasteiger partial charge on any atom is -0.477 e. The lowest BCUT2D eigenvalue weighted by Gasteiger charge is -2.36. The van der Waals surface area contributed by atoms with E-state index in [0.717, 1.165) is 37.1 Å². The summed E-state index contributed by atoms with van der Waals surface area (Å²) in [4.78, 5) is 40.5. The van der Waals surface area contributed by atoms with Crippen molar-refractivity contribution < 1.29 is 19.5 Å². The maximum Gasteiger partial charge on any atom is 0.348 e. The number of amides is 2. The summed E-state index contributed by atoms with van der Waals surface area (Å²) in [7, 11) is 0. The fraction of sp³-hybridized carbons (Fsp3) is 0.654. The van der Waals surface area contributed by atoms with Gasteiger partial charge in [-0.1, -0.05) is 18.8 Å². The Hall–Kier alpha value is -2.33. The largest absolute Gasteiger partial charge is 0.477 e. The number of carbonyl (C=O) groups excluding carboxylic acids is 2. The molecule has 2 unspecified atom stereocenters. The molecule has 33 heavy (non-hydrogen) atoms. The standard InChI is InChI=1S/C26H36N2O4S/c1-15(2)28-12-10-19(24(28)30)20-13-17(8-7-16(20)3)23(29)27-21-14-18(9-11-26(4,5)6)33-22(21)25(31)32/h14-17,19-20H,7-8,10,12-13H2,1-6H3,(H,27,29)(H,31,32)/t16-,17-,19?,20?/m1/s1. The van der Waals surface area contributed by atoms with Crippen LogP contribution in [0.5, 0.6) is 0 Å². The minimum absolute atomic E-state index is 0.0204. The summed E-state index contributed by atoms with van der Waals surface area (Å²) in [5.41, 5.74) is 0.113. The molecule has 1 saturated carbocycles. The lowest BCUT2D eigenvalue weighted by Crippen LogP contribution is -2.39. The number of aromatic carboxylic acids is 1. The van der Waals surface area contributed by atoms with Gasteiger partial charge in [0.25, 0.3) is 0 Å². The van der Waals surface area contributed by atoms with Crippen LogP contribution in [0.15, 0.2) is 6.07 Å². The smallest absolute Gasteiger partial charge is 0.348 e. The molecule has 180 valence electrons. The summed E-state index contributed by atoms with van der Waals surface area (Å²) >= 11 is 1.08. The number of nitrogens with zero attached hydrogens (tertiary/aromatic N) is 1. The van der Waals surface area contributed by atoms with E-state index < -0.39 is 5.97 Å². The molecule has 4 atom stereocenters. The Morgan fingerprint density at radius 2 is 1.94 bits per heavy atom. The molecule has 2 heterocycles. The molecule has 0 aromatic carbocycles. The molecule has 0 radical (unpaired) electrons. The predicted octanol–water partition coefficient (Wildman–Crippen LogP) is 5.09. The van der Waals surface area contributed by atoms with Gasteiger partial charge < -0.3 is 15.3 Å². The number of anilines is 1. The van der Waals surface area contributed by atoms with Gasteiger partial charge >= 0.3 is 5.97 Å². The molecule has 6 nitrogen and oxygen atoms in total. The van der Waals surface area contributed by atoms with Crippen molar-refractivity contribution in [1.29, 1.82) is 0 Å². The van der Waals surface area contributed by atoms with Crippen LogP contribution < -0.4 is 5.32 Å². The molecule has 1 aliphatic carbocycles. The van der Waals surface area contributed by atoms with E-state index in [1.807, 2.05) is 39.5 Å². The second-order valence-electron chi connectivity index (χ2n) is 10.8. The fourth-order valence-electron chi connectivity index (χ4n) is 4.98. The van der Waals surface area contributed by atoms with Gasteiger partial charge in [0, 0.05) is 29.8 Å². The summed E-state index contributed by atoms with van der Waals surface area (Å²) in [5, 5.41) is 12.5. The van der Waals surface area contributed by atoms with Crippen LogP contribution in [0, 0.1) is 40.9 Å². The Kier molecular flexibility index (Phi) is 7.58. The fourth-order valence-corrected chi connectivity index (χ4v) is 5.78. The number of nitrogens with one attached hydrogen (secondary N) is 1. The second-order valence-corrected chi connectivity index (χ2v) is 11.9. The average molecular weight is 473 g/mol. The highest BCUT2D eigenvalue weighted by Gasteiger charge is 2.43. The van der Waals surface area contributed by atoms with E-state index in [2.05, 4.69) is 24.1 Å². The molecule has 0 bridgehead atoms. The number of carboxylic acid groups (broad SMARTS) is 1. The van der Waals surface area contributed by atoms with Gasteiger partial charge in [-0.25, -0.2) is 4.79 Å². The highest BCUT2D eigenvalue weighted by molar-refractivity contribution is 7.15. The zero-order chi connectivity index (χ0) is 24.5. The summed E-state index contributed by atoms with van der Waals surface area (Å²) < 4.78 is 0. The zero-order valence-electron chi connectivity index (χ0n) is 20.5. The SMILES string of the molecule is CC(C)N1CCC(C2C[C@H](C(=O)Nc3cc(C#CC(C)(C)C)sc3C(=O)O)CC[C@H]2C)C1=O. The molecule has 2 amide bonds. The number of hydrogen-bond acceptors (Lipinski definition) is 4. The molecule has 7 heteroatoms. The van der Waals surface area contributed by atoms with E-state index in [1.54, 1.807) is 6.07 Å². The third kappa shape index (κ3) is 5.97. The maximum absolute atomic E-state index is 13.2. The van der Waals surface area contributed by atoms with Crippen molar-refractivity contribution in [3.8, 4) is 11.8 Å². The molecule has 2 fully saturated rings. The Morgan fingerprint density at radius 3 is 2.52 bits per heavy atom. The van der Waals surface area contributed by atoms with Crippen molar-refractivity contribution in [2.24, 2.45) is 29.1 Å². The lowest BCUT2D eigenvalue weighted by atomic mass is 9.68. The van der Waals surface area contributed by atoms with E-state index in [-0.39, 0.29) is 45.9 Å². The Labute approximate surface area is 201 Å². The molecule has 3 rings (SSSR count). The first-order valence-electron chi connectivity index (χ1n) is 11.9. The van der Waals surface area contributed by atoms with Gasteiger partial charge in [0.05, 0.1) is 10.6 Å². The third-order valence-electron chi connectivity index (χ3n) is 6.80. The van der Waals surface area contributed by atoms with E-state index in [4.69, 9.17) is 0 Å². The van der Waals surface area contributed by atoms with Crippen LogP contribution in [0.25, 0.3) is 0 Å². The van der Waals surface area contributed by atoms with Gasteiger partial charge in [-0.15, -0.1) is 11.3 Å². The Balaban J connectivity index is 1.74. The van der Waals surface area contributed by atoms with Crippen molar-refractivity contribution in [1.82, 2.24) is 4.90 Å². The summed E-state index contributed by atoms with van der Waals surface area (Å²) in [5.74, 6) is 5.46. The van der Waals surface area contributed by atoms with Crippen molar-refractivity contribution in [3.05, 3.63) is 15.8 Å². The minimum atomic E-state index is -1.07. The van der Waals surface area contributed by atoms with Gasteiger partial charge in [0.2, 0.25) is 11.8 Å². The third-order valence-corrected chi connectivity index (χ3v) is 7.83. The first-order valence-corrected chi connectivity index (χ1v) is 12.7. The summed E-state index contributed by atoms with van der Waals surface area (Å²) in [6, 6.07) is 1.86. The topological polar surface area (TPSA) is 86.7 Å². The van der Waals surface area contributed by atoms with Crippen molar-refractivity contribution >= 4 is 34.8 Å². The molecule has 0 spiro atoms. The monoisotopic (exact) mass is 472 g/mol. The Bertz CT molecular complexity index is 979. The van der Waals surface area contributed by atoms with Crippen molar-refractivity contribution in [2.45, 2.75) is 73.3 Å². The molecular formula is C26H36N2O4S. The van der Waals surface area contributed by atoms with E-state index in [9.17, 15) is 19.5 Å². The van der Waals surface area contributed by atoms with Gasteiger partial charge in [0.1, 0.15) is 4.88 Å². The van der Waals surface area contributed by atoms with Crippen molar-refractivity contribution in [2.75, 3.05) is 11.9 Å². The van der Waals surface area contributed by atoms with Gasteiger partial charge in [-0.05, 0) is 78.2 Å². The first kappa shape index (κ1) is 25.3. The van der Waals surface area contributed by atoms with Crippen molar-refractivity contribution in [3.63, 3.8) is 0 Å². The Morgan fingerprint density at radius 1 is 1.24 bits per heavy atom. The highest BCUT2D eigenvalue weighted by atomic mass is 32.1. The van der Waals surface area contributed by atoms with Crippen LogP contribution >= 0.6 is 11.3 Å². The molecule has 2 aliphatic rings. The molecular weight excluding hydrogens is 436 g/mol. The van der Waals surface area contributed by atoms with Crippen LogP contribution in [0.4, 0.5) is 5.69 Å². The molecule has 1 aliphatic heterocycles. The van der Waals surface area contributed by atoms with Gasteiger partial charge in [-0.3, -0.25) is 9.59 Å². The number of carboxylic acids is 1. The van der Waals surface area contributed by atoms with Crippen LogP contribution in [-0.4, -0.2) is 40.4 Å². The molecule has 1 aromatic rings. The first-order chi connectivity index (χ1) is 15.4. The lowest BCUT2D eigenvalue weighted by molar-refractivity contribution is -0.136. The molecule has 1 aromatic heterocycles.